The van der Waals surface area contributed by atoms with Gasteiger partial charge in [-0.3, -0.25) is 9.69 Å². The van der Waals surface area contributed by atoms with E-state index in [-0.39, 0.29) is 16.7 Å². The summed E-state index contributed by atoms with van der Waals surface area (Å²) in [6.07, 6.45) is 7.46. The van der Waals surface area contributed by atoms with Crippen LogP contribution in [0.2, 0.25) is 0 Å². The van der Waals surface area contributed by atoms with Crippen molar-refractivity contribution in [1.82, 2.24) is 15.1 Å². The molecule has 2 fully saturated rings. The van der Waals surface area contributed by atoms with Crippen molar-refractivity contribution in [1.29, 1.82) is 0 Å². The molecular formula is C29H42N4O4S. The van der Waals surface area contributed by atoms with Gasteiger partial charge in [-0.15, -0.1) is 0 Å². The van der Waals surface area contributed by atoms with Crippen molar-refractivity contribution in [3.8, 4) is 5.75 Å². The average molecular weight is 543 g/mol. The minimum absolute atomic E-state index is 0.0386. The van der Waals surface area contributed by atoms with E-state index >= 15 is 0 Å². The fourth-order valence-electron chi connectivity index (χ4n) is 5.28. The lowest BCUT2D eigenvalue weighted by Gasteiger charge is -2.31. The molecule has 208 valence electrons. The third-order valence-electron chi connectivity index (χ3n) is 7.59. The van der Waals surface area contributed by atoms with Crippen molar-refractivity contribution >= 4 is 15.9 Å². The number of likely N-dealkylation sites (tertiary alicyclic amines) is 2. The zero-order valence-electron chi connectivity index (χ0n) is 22.3. The van der Waals surface area contributed by atoms with E-state index in [2.05, 4.69) is 39.4 Å². The van der Waals surface area contributed by atoms with Gasteiger partial charge in [0.2, 0.25) is 15.9 Å². The number of hydrogen-bond acceptors (Lipinski definition) is 6. The molecule has 0 aliphatic carbocycles. The van der Waals surface area contributed by atoms with Gasteiger partial charge in [-0.25, -0.2) is 13.6 Å². The molecule has 2 aromatic carbocycles. The highest BCUT2D eigenvalue weighted by molar-refractivity contribution is 7.89. The highest BCUT2D eigenvalue weighted by Gasteiger charge is 2.24. The summed E-state index contributed by atoms with van der Waals surface area (Å²) in [7, 11) is -3.68. The van der Waals surface area contributed by atoms with Gasteiger partial charge in [0, 0.05) is 25.6 Å². The molecule has 0 radical (unpaired) electrons. The van der Waals surface area contributed by atoms with Crippen LogP contribution in [0.4, 0.5) is 0 Å². The first-order chi connectivity index (χ1) is 18.4. The molecule has 8 nitrogen and oxygen atoms in total. The summed E-state index contributed by atoms with van der Waals surface area (Å²) in [6.45, 7) is 7.58. The zero-order valence-corrected chi connectivity index (χ0v) is 23.1. The lowest BCUT2D eigenvalue weighted by molar-refractivity contribution is -0.126. The van der Waals surface area contributed by atoms with Gasteiger partial charge in [0.25, 0.3) is 0 Å². The number of carbonyl (C=O) groups excluding carboxylic acids is 1. The first-order valence-corrected chi connectivity index (χ1v) is 15.5. The number of nitrogens with zero attached hydrogens (tertiary/aromatic N) is 2. The summed E-state index contributed by atoms with van der Waals surface area (Å²) in [4.78, 5) is 17.7. The topological polar surface area (TPSA) is 105 Å². The van der Waals surface area contributed by atoms with Crippen molar-refractivity contribution in [3.05, 3.63) is 59.7 Å². The van der Waals surface area contributed by atoms with Gasteiger partial charge < -0.3 is 15.0 Å². The van der Waals surface area contributed by atoms with Crippen molar-refractivity contribution in [2.75, 3.05) is 45.9 Å². The normalized spacial score (nSPS) is 17.8. The van der Waals surface area contributed by atoms with Gasteiger partial charge in [-0.1, -0.05) is 30.7 Å². The Bertz CT molecular complexity index is 1110. The molecule has 3 N–H and O–H groups in total. The molecule has 2 aliphatic heterocycles. The lowest BCUT2D eigenvalue weighted by Crippen LogP contribution is -2.40. The molecule has 0 aromatic heterocycles. The highest BCUT2D eigenvalue weighted by Crippen LogP contribution is 2.21. The van der Waals surface area contributed by atoms with E-state index in [0.29, 0.717) is 13.0 Å². The molecule has 0 spiro atoms. The van der Waals surface area contributed by atoms with E-state index in [9.17, 15) is 13.2 Å². The van der Waals surface area contributed by atoms with Crippen molar-refractivity contribution in [2.24, 2.45) is 11.1 Å². The van der Waals surface area contributed by atoms with E-state index in [4.69, 9.17) is 9.88 Å². The summed E-state index contributed by atoms with van der Waals surface area (Å²) in [5, 5.41) is 8.17. The number of sulfonamides is 1. The number of carbonyl (C=O) groups is 1. The Balaban J connectivity index is 1.10. The maximum Gasteiger partial charge on any atom is 0.238 e. The number of piperidine rings is 2. The fourth-order valence-corrected chi connectivity index (χ4v) is 5.80. The van der Waals surface area contributed by atoms with Crippen molar-refractivity contribution < 1.29 is 17.9 Å². The summed E-state index contributed by atoms with van der Waals surface area (Å²) >= 11 is 0. The Labute approximate surface area is 227 Å². The largest absolute Gasteiger partial charge is 0.494 e. The molecule has 1 amide bonds. The second-order valence-electron chi connectivity index (χ2n) is 10.5. The SMILES string of the molecule is NS(=O)(=O)c1ccc(CCNC(=O)C2CCN(Cc3ccc(OCCCN4CCCCC4)cc3)CC2)cc1. The number of hydrogen-bond donors (Lipinski definition) is 2. The van der Waals surface area contributed by atoms with Gasteiger partial charge in [0.05, 0.1) is 11.5 Å². The van der Waals surface area contributed by atoms with Crippen LogP contribution in [0.25, 0.3) is 0 Å². The Kier molecular flexibility index (Phi) is 10.6. The molecule has 2 heterocycles. The second-order valence-corrected chi connectivity index (χ2v) is 12.1. The summed E-state index contributed by atoms with van der Waals surface area (Å²) in [6, 6.07) is 14.9. The van der Waals surface area contributed by atoms with Crippen molar-refractivity contribution in [3.63, 3.8) is 0 Å². The Morgan fingerprint density at radius 2 is 1.55 bits per heavy atom. The monoisotopic (exact) mass is 542 g/mol. The second kappa shape index (κ2) is 14.1. The fraction of sp³-hybridized carbons (Fsp3) is 0.552. The van der Waals surface area contributed by atoms with E-state index in [1.54, 1.807) is 12.1 Å². The standard InChI is InChI=1S/C29H42N4O4S/c30-38(35,36)28-11-7-24(8-12-28)13-16-31-29(34)26-14-20-33(21-15-26)23-25-5-9-27(10-6-25)37-22-4-19-32-17-2-1-3-18-32/h5-12,26H,1-4,13-23H2,(H,31,34)(H2,30,35,36). The van der Waals surface area contributed by atoms with Gasteiger partial charge in [0.1, 0.15) is 5.75 Å². The number of ether oxygens (including phenoxy) is 1. The van der Waals surface area contributed by atoms with Crippen LogP contribution in [0.5, 0.6) is 5.75 Å². The molecule has 2 aliphatic rings. The predicted octanol–water partition coefficient (Wildman–Crippen LogP) is 3.16. The molecule has 0 saturated carbocycles. The Morgan fingerprint density at radius 1 is 0.895 bits per heavy atom. The zero-order chi connectivity index (χ0) is 26.8. The summed E-state index contributed by atoms with van der Waals surface area (Å²) < 4.78 is 28.7. The van der Waals surface area contributed by atoms with E-state index in [0.717, 1.165) is 63.4 Å². The molecule has 4 rings (SSSR count). The first-order valence-electron chi connectivity index (χ1n) is 13.9. The van der Waals surface area contributed by atoms with E-state index in [1.807, 2.05) is 0 Å². The molecule has 0 bridgehead atoms. The number of primary sulfonamides is 1. The van der Waals surface area contributed by atoms with Crippen LogP contribution in [0, 0.1) is 5.92 Å². The molecule has 2 saturated heterocycles. The molecular weight excluding hydrogens is 500 g/mol. The van der Waals surface area contributed by atoms with Gasteiger partial charge in [-0.05, 0) is 100 Å². The van der Waals surface area contributed by atoms with Crippen LogP contribution in [0.15, 0.2) is 53.4 Å². The minimum Gasteiger partial charge on any atom is -0.494 e. The highest BCUT2D eigenvalue weighted by atomic mass is 32.2. The van der Waals surface area contributed by atoms with Gasteiger partial charge in [0.15, 0.2) is 0 Å². The number of benzene rings is 2. The molecule has 9 heteroatoms. The molecule has 0 unspecified atom stereocenters. The predicted molar refractivity (Wildman–Crippen MR) is 149 cm³/mol. The maximum absolute atomic E-state index is 12.6. The minimum atomic E-state index is -3.68. The van der Waals surface area contributed by atoms with Crippen molar-refractivity contribution in [2.45, 2.75) is 56.4 Å². The lowest BCUT2D eigenvalue weighted by atomic mass is 9.95. The number of nitrogens with one attached hydrogen (secondary N) is 1. The third kappa shape index (κ3) is 9.08. The van der Waals surface area contributed by atoms with Gasteiger partial charge in [-0.2, -0.15) is 0 Å². The Hall–Kier alpha value is -2.46. The molecule has 0 atom stereocenters. The Morgan fingerprint density at radius 3 is 2.21 bits per heavy atom. The maximum atomic E-state index is 12.6. The molecule has 38 heavy (non-hydrogen) atoms. The number of nitrogens with two attached hydrogens (primary N) is 1. The van der Waals surface area contributed by atoms with Gasteiger partial charge >= 0.3 is 0 Å². The quantitative estimate of drug-likeness (QED) is 0.399. The average Bonchev–Trinajstić information content (AvgIpc) is 2.93. The van der Waals surface area contributed by atoms with Crippen LogP contribution in [-0.2, 0) is 27.8 Å². The first kappa shape index (κ1) is 28.5. The number of rotatable bonds is 12. The van der Waals surface area contributed by atoms with E-state index < -0.39 is 10.0 Å². The molecule has 2 aromatic rings. The number of amides is 1. The summed E-state index contributed by atoms with van der Waals surface area (Å²) in [5.41, 5.74) is 2.23. The van der Waals surface area contributed by atoms with Crippen LogP contribution < -0.4 is 15.2 Å². The van der Waals surface area contributed by atoms with E-state index in [1.165, 1.54) is 50.0 Å². The van der Waals surface area contributed by atoms with Crippen LogP contribution in [0.3, 0.4) is 0 Å². The van der Waals surface area contributed by atoms with Crippen LogP contribution in [0.1, 0.15) is 49.7 Å². The van der Waals surface area contributed by atoms with Crippen LogP contribution >= 0.6 is 0 Å². The third-order valence-corrected chi connectivity index (χ3v) is 8.52. The summed E-state index contributed by atoms with van der Waals surface area (Å²) in [5.74, 6) is 1.08. The smallest absolute Gasteiger partial charge is 0.238 e. The van der Waals surface area contributed by atoms with Crippen LogP contribution in [-0.4, -0.2) is 70.0 Å².